The van der Waals surface area contributed by atoms with E-state index < -0.39 is 22.7 Å². The topological polar surface area (TPSA) is 99.1 Å². The molecule has 32 heavy (non-hydrogen) atoms. The van der Waals surface area contributed by atoms with Gasteiger partial charge in [0.1, 0.15) is 11.5 Å². The first-order valence-electron chi connectivity index (χ1n) is 10.6. The Morgan fingerprint density at radius 2 is 1.47 bits per heavy atom. The first kappa shape index (κ1) is 26.3. The molecule has 0 saturated carbocycles. The molecule has 2 aromatic rings. The quantitative estimate of drug-likeness (QED) is 0.264. The molecule has 0 aliphatic carbocycles. The van der Waals surface area contributed by atoms with Crippen molar-refractivity contribution in [3.05, 3.63) is 65.7 Å². The number of hydrogen-bond donors (Lipinski definition) is 1. The molecule has 176 valence electrons. The van der Waals surface area contributed by atoms with Gasteiger partial charge in [0.25, 0.3) is 10.1 Å². The number of rotatable bonds is 13. The summed E-state index contributed by atoms with van der Waals surface area (Å²) in [5.74, 6) is 1.41. The molecule has 1 N–H and O–H groups in total. The fourth-order valence-corrected chi connectivity index (χ4v) is 6.63. The second-order valence-electron chi connectivity index (χ2n) is 7.05. The molecule has 0 saturated heterocycles. The third-order valence-electron chi connectivity index (χ3n) is 4.54. The lowest BCUT2D eigenvalue weighted by atomic mass is 10.1. The molecular weight excluding hydrogens is 451 g/mol. The molecule has 0 aliphatic heterocycles. The van der Waals surface area contributed by atoms with Gasteiger partial charge in [-0.25, -0.2) is 0 Å². The summed E-state index contributed by atoms with van der Waals surface area (Å²) in [5, 5.41) is 0. The lowest BCUT2D eigenvalue weighted by Gasteiger charge is -2.23. The van der Waals surface area contributed by atoms with E-state index in [0.29, 0.717) is 5.75 Å². The number of allylic oxidation sites excluding steroid dienone is 1. The monoisotopic (exact) mass is 482 g/mol. The highest BCUT2D eigenvalue weighted by atomic mass is 32.2. The van der Waals surface area contributed by atoms with Crippen LogP contribution in [-0.2, 0) is 30.2 Å². The second-order valence-corrected chi connectivity index (χ2v) is 11.2. The highest BCUT2D eigenvalue weighted by Crippen LogP contribution is 2.56. The molecule has 0 spiro atoms. The Bertz CT molecular complexity index is 1010. The summed E-state index contributed by atoms with van der Waals surface area (Å²) in [4.78, 5) is -1.69. The lowest BCUT2D eigenvalue weighted by molar-refractivity contribution is 0.216. The van der Waals surface area contributed by atoms with Gasteiger partial charge in [0.05, 0.1) is 13.2 Å². The van der Waals surface area contributed by atoms with Crippen LogP contribution in [0.1, 0.15) is 44.7 Å². The van der Waals surface area contributed by atoms with Gasteiger partial charge in [-0.1, -0.05) is 49.8 Å². The molecule has 7 nitrogen and oxygen atoms in total. The van der Waals surface area contributed by atoms with Crippen LogP contribution in [0.5, 0.6) is 11.5 Å². The first-order valence-corrected chi connectivity index (χ1v) is 13.7. The molecule has 9 heteroatoms. The van der Waals surface area contributed by atoms with Gasteiger partial charge in [0, 0.05) is 0 Å². The zero-order valence-corrected chi connectivity index (χ0v) is 20.3. The van der Waals surface area contributed by atoms with Crippen molar-refractivity contribution in [3.8, 4) is 11.5 Å². The van der Waals surface area contributed by atoms with Gasteiger partial charge in [0.2, 0.25) is 0 Å². The molecule has 0 radical (unpaired) electrons. The Balaban J connectivity index is 2.06. The van der Waals surface area contributed by atoms with Crippen molar-refractivity contribution in [2.75, 3.05) is 13.2 Å². The van der Waals surface area contributed by atoms with Crippen LogP contribution < -0.4 is 4.74 Å². The van der Waals surface area contributed by atoms with Crippen LogP contribution in [0.25, 0.3) is 6.08 Å². The van der Waals surface area contributed by atoms with Crippen LogP contribution in [0, 0.1) is 0 Å². The zero-order valence-electron chi connectivity index (χ0n) is 18.6. The SMILES string of the molecule is CCCc1ccc(Oc2ccc(C=CCC(P(=O)(OCC)OCC)S(=O)(=O)O)cc2)cc1. The van der Waals surface area contributed by atoms with Crippen LogP contribution in [0.2, 0.25) is 0 Å². The molecule has 0 bridgehead atoms. The minimum atomic E-state index is -4.65. The summed E-state index contributed by atoms with van der Waals surface area (Å²) >= 11 is 0. The van der Waals surface area contributed by atoms with E-state index in [4.69, 9.17) is 13.8 Å². The third kappa shape index (κ3) is 7.87. The number of benzene rings is 2. The number of hydrogen-bond acceptors (Lipinski definition) is 6. The largest absolute Gasteiger partial charge is 0.457 e. The van der Waals surface area contributed by atoms with E-state index in [2.05, 4.69) is 6.92 Å². The van der Waals surface area contributed by atoms with Crippen molar-refractivity contribution in [3.63, 3.8) is 0 Å². The van der Waals surface area contributed by atoms with E-state index in [9.17, 15) is 17.5 Å². The van der Waals surface area contributed by atoms with Crippen LogP contribution in [0.15, 0.2) is 54.6 Å². The van der Waals surface area contributed by atoms with Gasteiger partial charge >= 0.3 is 7.60 Å². The Morgan fingerprint density at radius 1 is 0.938 bits per heavy atom. The number of ether oxygens (including phenoxy) is 1. The molecule has 0 aromatic heterocycles. The van der Waals surface area contributed by atoms with Crippen molar-refractivity contribution in [1.29, 1.82) is 0 Å². The van der Waals surface area contributed by atoms with E-state index in [-0.39, 0.29) is 19.6 Å². The third-order valence-corrected chi connectivity index (χ3v) is 9.15. The summed E-state index contributed by atoms with van der Waals surface area (Å²) in [6, 6.07) is 15.2. The lowest BCUT2D eigenvalue weighted by Crippen LogP contribution is -2.22. The van der Waals surface area contributed by atoms with Gasteiger partial charge in [0.15, 0.2) is 4.99 Å². The van der Waals surface area contributed by atoms with E-state index in [1.165, 1.54) is 11.6 Å². The Kier molecular flexibility index (Phi) is 10.1. The Hall–Kier alpha value is -1.96. The van der Waals surface area contributed by atoms with E-state index in [0.717, 1.165) is 24.2 Å². The van der Waals surface area contributed by atoms with Crippen LogP contribution in [-0.4, -0.2) is 31.2 Å². The fraction of sp³-hybridized carbons (Fsp3) is 0.391. The van der Waals surface area contributed by atoms with Gasteiger partial charge < -0.3 is 13.8 Å². The van der Waals surface area contributed by atoms with E-state index in [1.807, 2.05) is 36.4 Å². The van der Waals surface area contributed by atoms with Crippen molar-refractivity contribution in [2.45, 2.75) is 45.0 Å². The summed E-state index contributed by atoms with van der Waals surface area (Å²) in [5.41, 5.74) is 2.05. The minimum Gasteiger partial charge on any atom is -0.457 e. The summed E-state index contributed by atoms with van der Waals surface area (Å²) in [6.07, 6.45) is 5.09. The molecule has 0 fully saturated rings. The maximum atomic E-state index is 12.8. The van der Waals surface area contributed by atoms with Gasteiger partial charge in [-0.2, -0.15) is 8.42 Å². The average Bonchev–Trinajstić information content (AvgIpc) is 2.73. The summed E-state index contributed by atoms with van der Waals surface area (Å²) in [6.45, 7) is 5.28. The van der Waals surface area contributed by atoms with Crippen LogP contribution in [0.4, 0.5) is 0 Å². The predicted octanol–water partition coefficient (Wildman–Crippen LogP) is 6.31. The maximum absolute atomic E-state index is 12.8. The van der Waals surface area contributed by atoms with Crippen molar-refractivity contribution in [2.24, 2.45) is 0 Å². The molecule has 2 rings (SSSR count). The highest BCUT2D eigenvalue weighted by molar-refractivity contribution is 7.94. The maximum Gasteiger partial charge on any atom is 0.351 e. The zero-order chi connectivity index (χ0) is 23.6. The first-order chi connectivity index (χ1) is 15.2. The molecule has 1 unspecified atom stereocenters. The molecular formula is C23H31O7PS. The van der Waals surface area contributed by atoms with E-state index >= 15 is 0 Å². The fourth-order valence-electron chi connectivity index (χ4n) is 3.09. The Labute approximate surface area is 190 Å². The molecule has 0 amide bonds. The van der Waals surface area contributed by atoms with Crippen molar-refractivity contribution in [1.82, 2.24) is 0 Å². The molecule has 1 atom stereocenters. The van der Waals surface area contributed by atoms with Gasteiger partial charge in [-0.3, -0.25) is 9.12 Å². The van der Waals surface area contributed by atoms with E-state index in [1.54, 1.807) is 32.1 Å². The summed E-state index contributed by atoms with van der Waals surface area (Å²) < 4.78 is 62.1. The van der Waals surface area contributed by atoms with Crippen molar-refractivity contribution >= 4 is 23.8 Å². The standard InChI is InChI=1S/C23H31O7PS/c1-4-8-19-11-15-21(16-12-19)30-22-17-13-20(14-18-22)9-7-10-23(32(25,26)27)31(24,28-5-2)29-6-3/h7,9,11-18,23H,4-6,8,10H2,1-3H3,(H,25,26,27). The van der Waals surface area contributed by atoms with Crippen LogP contribution in [0.3, 0.4) is 0 Å². The average molecular weight is 483 g/mol. The minimum absolute atomic E-state index is 0.00416. The second kappa shape index (κ2) is 12.3. The molecule has 0 heterocycles. The summed E-state index contributed by atoms with van der Waals surface area (Å²) in [7, 11) is -8.69. The predicted molar refractivity (Wildman–Crippen MR) is 127 cm³/mol. The normalized spacial score (nSPS) is 13.4. The Morgan fingerprint density at radius 3 is 1.94 bits per heavy atom. The van der Waals surface area contributed by atoms with Crippen molar-refractivity contribution < 1.29 is 31.3 Å². The van der Waals surface area contributed by atoms with Gasteiger partial charge in [-0.05, 0) is 62.1 Å². The molecule has 0 aliphatic rings. The number of aryl methyl sites for hydroxylation is 1. The highest BCUT2D eigenvalue weighted by Gasteiger charge is 2.43. The smallest absolute Gasteiger partial charge is 0.351 e. The van der Waals surface area contributed by atoms with Gasteiger partial charge in [-0.15, -0.1) is 0 Å². The molecule has 2 aromatic carbocycles. The van der Waals surface area contributed by atoms with Crippen LogP contribution >= 0.6 is 7.60 Å².